The monoisotopic (exact) mass is 385 g/mol. The molecule has 0 aliphatic rings. The van der Waals surface area contributed by atoms with Gasteiger partial charge in [0.05, 0.1) is 5.25 Å². The zero-order chi connectivity index (χ0) is 18.5. The molecule has 1 unspecified atom stereocenters. The van der Waals surface area contributed by atoms with Gasteiger partial charge in [-0.1, -0.05) is 47.7 Å². The largest absolute Gasteiger partial charge is 0.301 e. The maximum atomic E-state index is 12.4. The predicted octanol–water partition coefficient (Wildman–Crippen LogP) is 4.02. The van der Waals surface area contributed by atoms with E-state index in [9.17, 15) is 4.79 Å². The maximum Gasteiger partial charge on any atom is 0.239 e. The van der Waals surface area contributed by atoms with Gasteiger partial charge in [0.1, 0.15) is 0 Å². The summed E-state index contributed by atoms with van der Waals surface area (Å²) in [4.78, 5) is 16.4. The van der Waals surface area contributed by atoms with E-state index in [-0.39, 0.29) is 11.2 Å². The van der Waals surface area contributed by atoms with Gasteiger partial charge in [-0.25, -0.2) is 4.98 Å². The number of rotatable bonds is 7. The molecule has 26 heavy (non-hydrogen) atoms. The number of carbonyl (C=O) groups excluding carboxylic acids is 1. The normalized spacial score (nSPS) is 11.9. The van der Waals surface area contributed by atoms with Crippen LogP contribution in [0.5, 0.6) is 0 Å². The van der Waals surface area contributed by atoms with Crippen molar-refractivity contribution in [2.45, 2.75) is 30.8 Å². The number of benzene rings is 1. The number of carbonyl (C=O) groups is 1. The highest BCUT2D eigenvalue weighted by atomic mass is 32.2. The molecule has 2 heterocycles. The quantitative estimate of drug-likeness (QED) is 0.491. The number of aryl methyl sites for hydroxylation is 1. The summed E-state index contributed by atoms with van der Waals surface area (Å²) in [5.74, 6) is 0.648. The molecule has 1 amide bonds. The smallest absolute Gasteiger partial charge is 0.239 e. The number of hydrogen-bond acceptors (Lipinski definition) is 6. The second kappa shape index (κ2) is 8.29. The summed E-state index contributed by atoms with van der Waals surface area (Å²) in [6.45, 7) is 8.27. The molecule has 0 saturated carbocycles. The topological polar surface area (TPSA) is 72.7 Å². The van der Waals surface area contributed by atoms with Crippen LogP contribution in [0.3, 0.4) is 0 Å². The number of amides is 1. The van der Waals surface area contributed by atoms with Crippen LogP contribution < -0.4 is 5.32 Å². The van der Waals surface area contributed by atoms with Crippen molar-refractivity contribution in [1.29, 1.82) is 0 Å². The highest BCUT2D eigenvalue weighted by Gasteiger charge is 2.21. The van der Waals surface area contributed by atoms with E-state index in [0.717, 1.165) is 11.4 Å². The molecule has 0 spiro atoms. The van der Waals surface area contributed by atoms with Gasteiger partial charge in [-0.2, -0.15) is 0 Å². The molecule has 6 nitrogen and oxygen atoms in total. The van der Waals surface area contributed by atoms with Crippen molar-refractivity contribution < 1.29 is 4.79 Å². The summed E-state index contributed by atoms with van der Waals surface area (Å²) < 4.78 is 1.97. The molecular formula is C18H19N5OS2. The van der Waals surface area contributed by atoms with Crippen LogP contribution in [0.1, 0.15) is 12.5 Å². The third-order valence-electron chi connectivity index (χ3n) is 3.65. The van der Waals surface area contributed by atoms with Crippen LogP contribution >= 0.6 is 23.1 Å². The average Bonchev–Trinajstić information content (AvgIpc) is 3.27. The number of anilines is 1. The van der Waals surface area contributed by atoms with Crippen LogP contribution in [0.15, 0.2) is 53.7 Å². The molecule has 0 fully saturated rings. The number of aromatic nitrogens is 4. The summed E-state index contributed by atoms with van der Waals surface area (Å²) in [6.07, 6.45) is 3.46. The summed E-state index contributed by atoms with van der Waals surface area (Å²) in [7, 11) is 0. The van der Waals surface area contributed by atoms with E-state index in [1.807, 2.05) is 48.1 Å². The first-order valence-corrected chi connectivity index (χ1v) is 9.82. The molecule has 3 aromatic rings. The molecule has 0 saturated heterocycles. The van der Waals surface area contributed by atoms with Crippen LogP contribution in [-0.4, -0.2) is 30.9 Å². The minimum absolute atomic E-state index is 0.116. The van der Waals surface area contributed by atoms with Crippen LogP contribution in [0.2, 0.25) is 0 Å². The Labute approximate surface area is 160 Å². The second-order valence-corrected chi connectivity index (χ2v) is 7.86. The van der Waals surface area contributed by atoms with Gasteiger partial charge in [-0.05, 0) is 13.8 Å². The Kier molecular flexibility index (Phi) is 5.85. The highest BCUT2D eigenvalue weighted by Crippen LogP contribution is 2.27. The van der Waals surface area contributed by atoms with Crippen molar-refractivity contribution >= 4 is 34.1 Å². The summed E-state index contributed by atoms with van der Waals surface area (Å²) in [5.41, 5.74) is 2.17. The van der Waals surface area contributed by atoms with E-state index < -0.39 is 0 Å². The number of nitrogens with zero attached hydrogens (tertiary/aromatic N) is 4. The highest BCUT2D eigenvalue weighted by molar-refractivity contribution is 8.00. The first-order valence-electron chi connectivity index (χ1n) is 8.06. The van der Waals surface area contributed by atoms with Gasteiger partial charge in [-0.3, -0.25) is 9.36 Å². The molecule has 134 valence electrons. The molecule has 0 aliphatic heterocycles. The van der Waals surface area contributed by atoms with Gasteiger partial charge in [0.25, 0.3) is 0 Å². The Morgan fingerprint density at radius 1 is 1.38 bits per heavy atom. The van der Waals surface area contributed by atoms with Crippen LogP contribution in [0.4, 0.5) is 5.13 Å². The van der Waals surface area contributed by atoms with E-state index in [4.69, 9.17) is 0 Å². The lowest BCUT2D eigenvalue weighted by Gasteiger charge is -2.12. The number of nitrogens with one attached hydrogen (secondary N) is 1. The number of thioether (sulfide) groups is 1. The Morgan fingerprint density at radius 2 is 2.15 bits per heavy atom. The lowest BCUT2D eigenvalue weighted by Crippen LogP contribution is -2.22. The fourth-order valence-electron chi connectivity index (χ4n) is 2.29. The van der Waals surface area contributed by atoms with Crippen LogP contribution in [0.25, 0.3) is 11.4 Å². The van der Waals surface area contributed by atoms with E-state index in [0.29, 0.717) is 16.8 Å². The molecule has 0 radical (unpaired) electrons. The molecule has 8 heteroatoms. The minimum Gasteiger partial charge on any atom is -0.301 e. The zero-order valence-corrected chi connectivity index (χ0v) is 16.2. The third-order valence-corrected chi connectivity index (χ3v) is 5.42. The van der Waals surface area contributed by atoms with Crippen molar-refractivity contribution in [1.82, 2.24) is 19.7 Å². The number of hydrogen-bond donors (Lipinski definition) is 1. The maximum absolute atomic E-state index is 12.4. The van der Waals surface area contributed by atoms with Gasteiger partial charge in [0, 0.05) is 23.7 Å². The van der Waals surface area contributed by atoms with Crippen LogP contribution in [-0.2, 0) is 11.3 Å². The Hall–Kier alpha value is -2.45. The molecule has 3 rings (SSSR count). The van der Waals surface area contributed by atoms with E-state index >= 15 is 0 Å². The van der Waals surface area contributed by atoms with Gasteiger partial charge < -0.3 is 5.32 Å². The van der Waals surface area contributed by atoms with E-state index in [1.54, 1.807) is 12.3 Å². The second-order valence-electron chi connectivity index (χ2n) is 5.66. The van der Waals surface area contributed by atoms with E-state index in [1.165, 1.54) is 28.7 Å². The van der Waals surface area contributed by atoms with Crippen molar-refractivity contribution in [3.05, 3.63) is 54.1 Å². The van der Waals surface area contributed by atoms with Crippen molar-refractivity contribution in [2.75, 3.05) is 5.32 Å². The standard InChI is InChI=1S/C18H19N5OS2/c1-4-10-23-15(14-7-5-12(2)6-8-14)21-22-18(23)26-13(3)16(24)20-17-19-9-11-25-17/h4-9,11,13H,1,10H2,2-3H3,(H,19,20,24). The molecule has 1 aromatic carbocycles. The van der Waals surface area contributed by atoms with E-state index in [2.05, 4.69) is 27.1 Å². The molecular weight excluding hydrogens is 366 g/mol. The summed E-state index contributed by atoms with van der Waals surface area (Å²) >= 11 is 2.76. The summed E-state index contributed by atoms with van der Waals surface area (Å²) in [6, 6.07) is 8.12. The SMILES string of the molecule is C=CCn1c(SC(C)C(=O)Nc2nccs2)nnc1-c1ccc(C)cc1. The predicted molar refractivity (Wildman–Crippen MR) is 106 cm³/mol. The van der Waals surface area contributed by atoms with Crippen molar-refractivity contribution in [2.24, 2.45) is 0 Å². The minimum atomic E-state index is -0.336. The number of allylic oxidation sites excluding steroid dienone is 1. The van der Waals surface area contributed by atoms with Crippen molar-refractivity contribution in [3.63, 3.8) is 0 Å². The molecule has 0 bridgehead atoms. The van der Waals surface area contributed by atoms with Gasteiger partial charge in [0.2, 0.25) is 5.91 Å². The third kappa shape index (κ3) is 4.20. The fraction of sp³-hybridized carbons (Fsp3) is 0.222. The Morgan fingerprint density at radius 3 is 2.81 bits per heavy atom. The van der Waals surface area contributed by atoms with Gasteiger partial charge >= 0.3 is 0 Å². The Balaban J connectivity index is 1.79. The lowest BCUT2D eigenvalue weighted by atomic mass is 10.1. The molecule has 2 aromatic heterocycles. The average molecular weight is 386 g/mol. The fourth-order valence-corrected chi connectivity index (χ4v) is 3.68. The number of thiazole rings is 1. The Bertz CT molecular complexity index is 887. The lowest BCUT2D eigenvalue weighted by molar-refractivity contribution is -0.115. The van der Waals surface area contributed by atoms with Gasteiger partial charge in [-0.15, -0.1) is 28.1 Å². The first kappa shape index (κ1) is 18.3. The molecule has 1 atom stereocenters. The van der Waals surface area contributed by atoms with Crippen LogP contribution in [0, 0.1) is 6.92 Å². The summed E-state index contributed by atoms with van der Waals surface area (Å²) in [5, 5.41) is 14.2. The molecule has 1 N–H and O–H groups in total. The van der Waals surface area contributed by atoms with Crippen molar-refractivity contribution in [3.8, 4) is 11.4 Å². The zero-order valence-electron chi connectivity index (χ0n) is 14.5. The first-order chi connectivity index (χ1) is 12.6. The van der Waals surface area contributed by atoms with Gasteiger partial charge in [0.15, 0.2) is 16.1 Å². The molecule has 0 aliphatic carbocycles.